The largest absolute Gasteiger partial charge is 0.310 e. The summed E-state index contributed by atoms with van der Waals surface area (Å²) < 4.78 is 0. The van der Waals surface area contributed by atoms with Gasteiger partial charge in [-0.1, -0.05) is 162 Å². The highest BCUT2D eigenvalue weighted by Gasteiger charge is 2.41. The molecule has 3 unspecified atom stereocenters. The highest BCUT2D eigenvalue weighted by molar-refractivity contribution is 5.97. The summed E-state index contributed by atoms with van der Waals surface area (Å²) in [6.07, 6.45) is 19.1. The molecule has 0 aliphatic heterocycles. The van der Waals surface area contributed by atoms with Crippen LogP contribution in [0, 0.1) is 11.8 Å². The monoisotopic (exact) mass is 771 g/mol. The summed E-state index contributed by atoms with van der Waals surface area (Å²) in [6.45, 7) is 4.91. The predicted octanol–water partition coefficient (Wildman–Crippen LogP) is 16.8. The quantitative estimate of drug-likeness (QED) is 0.149. The maximum atomic E-state index is 2.59. The molecular formula is C58H61N. The molecule has 0 spiro atoms. The van der Waals surface area contributed by atoms with Crippen molar-refractivity contribution in [1.29, 1.82) is 0 Å². The van der Waals surface area contributed by atoms with Gasteiger partial charge in [0.25, 0.3) is 0 Å². The van der Waals surface area contributed by atoms with Crippen LogP contribution in [-0.4, -0.2) is 0 Å². The second-order valence-electron chi connectivity index (χ2n) is 19.7. The minimum absolute atomic E-state index is 0.149. The topological polar surface area (TPSA) is 3.24 Å². The van der Waals surface area contributed by atoms with E-state index in [1.54, 1.807) is 5.56 Å². The third kappa shape index (κ3) is 6.59. The fraction of sp³-hybridized carbons (Fsp3) is 0.379. The Bertz CT molecular complexity index is 2440. The van der Waals surface area contributed by atoms with E-state index in [0.717, 1.165) is 17.8 Å². The van der Waals surface area contributed by atoms with Gasteiger partial charge in [0.15, 0.2) is 0 Å². The molecule has 11 rings (SSSR count). The zero-order chi connectivity index (χ0) is 39.5. The number of anilines is 3. The van der Waals surface area contributed by atoms with Gasteiger partial charge in [-0.05, 0) is 161 Å². The van der Waals surface area contributed by atoms with Gasteiger partial charge in [0, 0.05) is 22.4 Å². The van der Waals surface area contributed by atoms with Crippen LogP contribution in [0.15, 0.2) is 133 Å². The van der Waals surface area contributed by atoms with Crippen molar-refractivity contribution in [3.8, 4) is 33.4 Å². The first-order chi connectivity index (χ1) is 29.0. The smallest absolute Gasteiger partial charge is 0.0543 e. The van der Waals surface area contributed by atoms with Gasteiger partial charge in [-0.2, -0.15) is 0 Å². The maximum Gasteiger partial charge on any atom is 0.0543 e. The average Bonchev–Trinajstić information content (AvgIpc) is 4.00. The number of hydrogen-bond acceptors (Lipinski definition) is 1. The summed E-state index contributed by atoms with van der Waals surface area (Å²) >= 11 is 0. The van der Waals surface area contributed by atoms with E-state index in [-0.39, 0.29) is 5.41 Å². The van der Waals surface area contributed by atoms with Crippen molar-refractivity contribution in [1.82, 2.24) is 0 Å². The molecule has 1 heteroatoms. The molecule has 3 atom stereocenters. The highest BCUT2D eigenvalue weighted by Crippen LogP contribution is 2.57. The number of benzene rings is 6. The normalized spacial score (nSPS) is 22.3. The Hall–Kier alpha value is -4.88. The van der Waals surface area contributed by atoms with Crippen LogP contribution in [0.4, 0.5) is 17.1 Å². The molecular weight excluding hydrogens is 711 g/mol. The van der Waals surface area contributed by atoms with Crippen molar-refractivity contribution in [3.63, 3.8) is 0 Å². The lowest BCUT2D eigenvalue weighted by atomic mass is 9.77. The first-order valence-electron chi connectivity index (χ1n) is 23.5. The van der Waals surface area contributed by atoms with E-state index in [9.17, 15) is 0 Å². The Morgan fingerprint density at radius 3 is 1.76 bits per heavy atom. The predicted molar refractivity (Wildman–Crippen MR) is 249 cm³/mol. The summed E-state index contributed by atoms with van der Waals surface area (Å²) in [6, 6.07) is 52.6. The number of rotatable bonds is 8. The summed E-state index contributed by atoms with van der Waals surface area (Å²) in [5, 5.41) is 0. The molecule has 2 bridgehead atoms. The lowest BCUT2D eigenvalue weighted by Gasteiger charge is -2.33. The molecule has 0 saturated heterocycles. The zero-order valence-corrected chi connectivity index (χ0v) is 35.4. The van der Waals surface area contributed by atoms with E-state index in [2.05, 4.69) is 152 Å². The molecule has 4 saturated carbocycles. The minimum atomic E-state index is -0.149. The van der Waals surface area contributed by atoms with Crippen molar-refractivity contribution in [2.75, 3.05) is 4.90 Å². The van der Waals surface area contributed by atoms with Crippen molar-refractivity contribution >= 4 is 17.1 Å². The molecule has 1 nitrogen and oxygen atoms in total. The van der Waals surface area contributed by atoms with Crippen LogP contribution in [0.5, 0.6) is 0 Å². The van der Waals surface area contributed by atoms with Crippen molar-refractivity contribution in [2.24, 2.45) is 11.8 Å². The van der Waals surface area contributed by atoms with E-state index in [0.29, 0.717) is 11.8 Å². The fourth-order valence-corrected chi connectivity index (χ4v) is 13.0. The van der Waals surface area contributed by atoms with Crippen LogP contribution in [0.2, 0.25) is 0 Å². The molecule has 59 heavy (non-hydrogen) atoms. The second kappa shape index (κ2) is 15.3. The van der Waals surface area contributed by atoms with Crippen LogP contribution in [-0.2, 0) is 5.41 Å². The molecule has 0 heterocycles. The Balaban J connectivity index is 1.07. The summed E-state index contributed by atoms with van der Waals surface area (Å²) in [7, 11) is 0. The SMILES string of the molecule is CC1(C)c2ccccc2-c2ccc(N(c3ccc(-c4ccccc4C4CCCCC4)cc3)c3ccc(C4CC5CCC4C5)cc3)c(-c3ccc(C4CCCCC4)cc3)c21. The molecule has 6 aromatic carbocycles. The second-order valence-corrected chi connectivity index (χ2v) is 19.7. The Labute approximate surface area is 353 Å². The van der Waals surface area contributed by atoms with Crippen molar-refractivity contribution in [2.45, 2.75) is 127 Å². The van der Waals surface area contributed by atoms with Gasteiger partial charge in [0.1, 0.15) is 0 Å². The third-order valence-electron chi connectivity index (χ3n) is 16.0. The third-order valence-corrected chi connectivity index (χ3v) is 16.0. The van der Waals surface area contributed by atoms with Crippen LogP contribution in [0.1, 0.15) is 149 Å². The summed E-state index contributed by atoms with van der Waals surface area (Å²) in [5.41, 5.74) is 19.2. The van der Waals surface area contributed by atoms with Gasteiger partial charge in [-0.25, -0.2) is 0 Å². The van der Waals surface area contributed by atoms with Crippen LogP contribution in [0.25, 0.3) is 33.4 Å². The molecule has 0 radical (unpaired) electrons. The standard InChI is InChI=1S/C58H61N/c1-58(2)54-20-12-11-19-51(54)52-35-36-55(56(57(52)58)45-25-23-41(24-26-45)40-13-5-3-6-14-40)59(48-33-29-44(30-34-48)53-38-39-21-22-46(53)37-39)47-31-27-43(28-32-47)50-18-10-9-17-49(50)42-15-7-4-8-16-42/h9-12,17-20,23-36,39-40,42,46,53H,3-8,13-16,21-22,37-38H2,1-2H3. The summed E-state index contributed by atoms with van der Waals surface area (Å²) in [4.78, 5) is 2.59. The Kier molecular flexibility index (Phi) is 9.63. The molecule has 6 aromatic rings. The Morgan fingerprint density at radius 2 is 1.08 bits per heavy atom. The van der Waals surface area contributed by atoms with Gasteiger partial charge < -0.3 is 4.90 Å². The average molecular weight is 772 g/mol. The van der Waals surface area contributed by atoms with Gasteiger partial charge >= 0.3 is 0 Å². The molecule has 0 N–H and O–H groups in total. The lowest BCUT2D eigenvalue weighted by Crippen LogP contribution is -2.19. The van der Waals surface area contributed by atoms with Crippen LogP contribution in [0.3, 0.4) is 0 Å². The first-order valence-corrected chi connectivity index (χ1v) is 23.5. The molecule has 298 valence electrons. The van der Waals surface area contributed by atoms with Crippen LogP contribution >= 0.6 is 0 Å². The molecule has 5 aliphatic carbocycles. The number of fused-ring (bicyclic) bond motifs is 5. The van der Waals surface area contributed by atoms with Gasteiger partial charge in [0.2, 0.25) is 0 Å². The number of nitrogens with zero attached hydrogens (tertiary/aromatic N) is 1. The highest BCUT2D eigenvalue weighted by atomic mass is 15.1. The fourth-order valence-electron chi connectivity index (χ4n) is 13.0. The van der Waals surface area contributed by atoms with Crippen molar-refractivity contribution in [3.05, 3.63) is 161 Å². The minimum Gasteiger partial charge on any atom is -0.310 e. The van der Waals surface area contributed by atoms with Crippen LogP contribution < -0.4 is 4.90 Å². The van der Waals surface area contributed by atoms with Gasteiger partial charge in [0.05, 0.1) is 5.69 Å². The van der Waals surface area contributed by atoms with E-state index in [1.165, 1.54) is 163 Å². The first kappa shape index (κ1) is 37.1. The van der Waals surface area contributed by atoms with Gasteiger partial charge in [-0.15, -0.1) is 0 Å². The molecule has 5 aliphatic rings. The maximum absolute atomic E-state index is 2.59. The van der Waals surface area contributed by atoms with E-state index < -0.39 is 0 Å². The van der Waals surface area contributed by atoms with E-state index in [4.69, 9.17) is 0 Å². The Morgan fingerprint density at radius 1 is 0.475 bits per heavy atom. The van der Waals surface area contributed by atoms with E-state index >= 15 is 0 Å². The number of hydrogen-bond donors (Lipinski definition) is 0. The molecule has 0 amide bonds. The molecule has 4 fully saturated rings. The van der Waals surface area contributed by atoms with Crippen molar-refractivity contribution < 1.29 is 0 Å². The lowest BCUT2D eigenvalue weighted by molar-refractivity contribution is 0.420. The summed E-state index contributed by atoms with van der Waals surface area (Å²) in [5.74, 6) is 3.88. The zero-order valence-electron chi connectivity index (χ0n) is 35.4. The van der Waals surface area contributed by atoms with E-state index in [1.807, 2.05) is 0 Å². The van der Waals surface area contributed by atoms with Gasteiger partial charge in [-0.3, -0.25) is 0 Å². The molecule has 0 aromatic heterocycles.